The maximum atomic E-state index is 11.1. The number of carbonyl (C=O) groups is 2. The van der Waals surface area contributed by atoms with Gasteiger partial charge in [0, 0.05) is 0 Å². The summed E-state index contributed by atoms with van der Waals surface area (Å²) < 4.78 is 9.69. The molecule has 0 bridgehead atoms. The topological polar surface area (TPSA) is 77.3 Å². The molecule has 7 heteroatoms. The Bertz CT molecular complexity index is 287. The van der Waals surface area contributed by atoms with E-state index in [9.17, 15) is 9.59 Å². The molecular weight excluding hydrogens is 240 g/mol. The highest BCUT2D eigenvalue weighted by Crippen LogP contribution is 2.04. The monoisotopic (exact) mass is 260 g/mol. The van der Waals surface area contributed by atoms with Crippen molar-refractivity contribution in [3.05, 3.63) is 0 Å². The van der Waals surface area contributed by atoms with E-state index in [0.29, 0.717) is 6.61 Å². The maximum Gasteiger partial charge on any atom is 0.452 e. The summed E-state index contributed by atoms with van der Waals surface area (Å²) in [4.78, 5) is 22.1. The van der Waals surface area contributed by atoms with Crippen LogP contribution in [0.15, 0.2) is 10.2 Å². The molecule has 0 heterocycles. The van der Waals surface area contributed by atoms with Crippen LogP contribution in [-0.2, 0) is 9.16 Å². The molecule has 0 spiro atoms. The van der Waals surface area contributed by atoms with Crippen LogP contribution in [0.4, 0.5) is 9.59 Å². The van der Waals surface area contributed by atoms with E-state index in [2.05, 4.69) is 10.2 Å². The molecule has 0 rings (SSSR count). The summed E-state index contributed by atoms with van der Waals surface area (Å²) in [7, 11) is -1.98. The van der Waals surface area contributed by atoms with Gasteiger partial charge < -0.3 is 9.16 Å². The van der Waals surface area contributed by atoms with Crippen molar-refractivity contribution in [2.45, 2.75) is 45.8 Å². The summed E-state index contributed by atoms with van der Waals surface area (Å²) >= 11 is 0. The Kier molecular flexibility index (Phi) is 7.36. The molecule has 0 N–H and O–H groups in total. The largest absolute Gasteiger partial charge is 0.502 e. The van der Waals surface area contributed by atoms with Crippen LogP contribution in [0.3, 0.4) is 0 Å². The maximum absolute atomic E-state index is 11.1. The van der Waals surface area contributed by atoms with E-state index in [-0.39, 0.29) is 0 Å². The summed E-state index contributed by atoms with van der Waals surface area (Å²) in [5.41, 5.74) is 0. The standard InChI is InChI=1S/C10H20N2O4Si/c1-5-6-7-8-15-9(13)11-12-10(14)16-17(2,3)4/h5-8H2,1-4H3. The fourth-order valence-electron chi connectivity index (χ4n) is 0.904. The van der Waals surface area contributed by atoms with E-state index in [1.54, 1.807) is 0 Å². The number of amides is 2. The molecular formula is C10H20N2O4Si. The lowest BCUT2D eigenvalue weighted by molar-refractivity contribution is 0.152. The molecule has 0 aliphatic rings. The number of azo groups is 1. The lowest BCUT2D eigenvalue weighted by Gasteiger charge is -2.13. The van der Waals surface area contributed by atoms with E-state index in [0.717, 1.165) is 19.3 Å². The Morgan fingerprint density at radius 1 is 1.06 bits per heavy atom. The average molecular weight is 260 g/mol. The van der Waals surface area contributed by atoms with Gasteiger partial charge >= 0.3 is 12.2 Å². The number of hydrogen-bond acceptors (Lipinski definition) is 4. The lowest BCUT2D eigenvalue weighted by Crippen LogP contribution is -2.27. The third-order valence-corrected chi connectivity index (χ3v) is 2.37. The van der Waals surface area contributed by atoms with Crippen LogP contribution in [0.25, 0.3) is 0 Å². The Hall–Kier alpha value is -1.24. The fraction of sp³-hybridized carbons (Fsp3) is 0.800. The molecule has 98 valence electrons. The first-order valence-corrected chi connectivity index (χ1v) is 9.07. The molecule has 6 nitrogen and oxygen atoms in total. The van der Waals surface area contributed by atoms with Crippen molar-refractivity contribution < 1.29 is 18.8 Å². The van der Waals surface area contributed by atoms with Crippen LogP contribution in [0.5, 0.6) is 0 Å². The first kappa shape index (κ1) is 15.8. The normalized spacial score (nSPS) is 11.5. The van der Waals surface area contributed by atoms with Crippen LogP contribution < -0.4 is 0 Å². The second kappa shape index (κ2) is 7.94. The average Bonchev–Trinajstić information content (AvgIpc) is 2.19. The molecule has 0 radical (unpaired) electrons. The van der Waals surface area contributed by atoms with Gasteiger partial charge in [-0.3, -0.25) is 0 Å². The van der Waals surface area contributed by atoms with Crippen molar-refractivity contribution in [2.24, 2.45) is 10.2 Å². The number of hydrogen-bond donors (Lipinski definition) is 0. The summed E-state index contributed by atoms with van der Waals surface area (Å²) in [5.74, 6) is 0. The zero-order valence-electron chi connectivity index (χ0n) is 10.9. The Morgan fingerprint density at radius 3 is 2.18 bits per heavy atom. The highest BCUT2D eigenvalue weighted by atomic mass is 28.4. The van der Waals surface area contributed by atoms with Crippen molar-refractivity contribution in [1.82, 2.24) is 0 Å². The van der Waals surface area contributed by atoms with Gasteiger partial charge in [-0.15, -0.1) is 0 Å². The summed E-state index contributed by atoms with van der Waals surface area (Å²) in [6, 6.07) is 0. The summed E-state index contributed by atoms with van der Waals surface area (Å²) in [6.45, 7) is 7.86. The SMILES string of the molecule is CCCCCOC(=O)N=NC(=O)O[Si](C)(C)C. The van der Waals surface area contributed by atoms with Gasteiger partial charge in [0.25, 0.3) is 0 Å². The minimum atomic E-state index is -1.98. The second-order valence-electron chi connectivity index (χ2n) is 4.50. The molecule has 0 aliphatic heterocycles. The van der Waals surface area contributed by atoms with Gasteiger partial charge in [0.2, 0.25) is 8.32 Å². The van der Waals surface area contributed by atoms with Gasteiger partial charge in [-0.05, 0) is 26.1 Å². The van der Waals surface area contributed by atoms with Crippen molar-refractivity contribution >= 4 is 20.5 Å². The van der Waals surface area contributed by atoms with Crippen LogP contribution >= 0.6 is 0 Å². The molecule has 0 unspecified atom stereocenters. The van der Waals surface area contributed by atoms with Crippen LogP contribution in [0.2, 0.25) is 19.6 Å². The molecule has 0 saturated heterocycles. The Morgan fingerprint density at radius 2 is 1.65 bits per heavy atom. The quantitative estimate of drug-likeness (QED) is 0.428. The summed E-state index contributed by atoms with van der Waals surface area (Å²) in [5, 5.41) is 6.25. The highest BCUT2D eigenvalue weighted by Gasteiger charge is 2.19. The predicted molar refractivity (Wildman–Crippen MR) is 65.6 cm³/mol. The smallest absolute Gasteiger partial charge is 0.452 e. The third kappa shape index (κ3) is 11.0. The van der Waals surface area contributed by atoms with Crippen LogP contribution in [0.1, 0.15) is 26.2 Å². The minimum absolute atomic E-state index is 0.300. The van der Waals surface area contributed by atoms with E-state index in [1.807, 2.05) is 26.6 Å². The highest BCUT2D eigenvalue weighted by molar-refractivity contribution is 6.71. The zero-order valence-corrected chi connectivity index (χ0v) is 11.9. The molecule has 0 aromatic carbocycles. The Labute approximate surface area is 103 Å². The van der Waals surface area contributed by atoms with Crippen molar-refractivity contribution in [2.75, 3.05) is 6.61 Å². The number of rotatable bonds is 5. The van der Waals surface area contributed by atoms with Gasteiger partial charge in [0.05, 0.1) is 6.61 Å². The number of ether oxygens (including phenoxy) is 1. The van der Waals surface area contributed by atoms with Gasteiger partial charge in [-0.25, -0.2) is 9.59 Å². The van der Waals surface area contributed by atoms with E-state index in [1.165, 1.54) is 0 Å². The molecule has 0 fully saturated rings. The first-order valence-electron chi connectivity index (χ1n) is 5.66. The minimum Gasteiger partial charge on any atom is -0.502 e. The molecule has 17 heavy (non-hydrogen) atoms. The fourth-order valence-corrected chi connectivity index (χ4v) is 1.47. The molecule has 2 amide bonds. The van der Waals surface area contributed by atoms with Crippen molar-refractivity contribution in [3.8, 4) is 0 Å². The van der Waals surface area contributed by atoms with Gasteiger partial charge in [0.15, 0.2) is 0 Å². The van der Waals surface area contributed by atoms with Crippen molar-refractivity contribution in [1.29, 1.82) is 0 Å². The van der Waals surface area contributed by atoms with Gasteiger partial charge in [-0.2, -0.15) is 0 Å². The predicted octanol–water partition coefficient (Wildman–Crippen LogP) is 3.74. The summed E-state index contributed by atoms with van der Waals surface area (Å²) in [6.07, 6.45) is 1.13. The van der Waals surface area contributed by atoms with Crippen molar-refractivity contribution in [3.63, 3.8) is 0 Å². The number of nitrogens with zero attached hydrogens (tertiary/aromatic N) is 2. The zero-order chi connectivity index (χ0) is 13.3. The van der Waals surface area contributed by atoms with E-state index in [4.69, 9.17) is 9.16 Å². The van der Waals surface area contributed by atoms with Gasteiger partial charge in [0.1, 0.15) is 0 Å². The number of unbranched alkanes of at least 4 members (excludes halogenated alkanes) is 2. The second-order valence-corrected chi connectivity index (χ2v) is 8.93. The molecule has 0 aliphatic carbocycles. The Balaban J connectivity index is 3.83. The molecule has 0 atom stereocenters. The number of carbonyl (C=O) groups excluding carboxylic acids is 2. The van der Waals surface area contributed by atoms with E-state index < -0.39 is 20.5 Å². The van der Waals surface area contributed by atoms with Gasteiger partial charge in [-0.1, -0.05) is 30.0 Å². The first-order chi connectivity index (χ1) is 7.85. The molecule has 0 aromatic heterocycles. The van der Waals surface area contributed by atoms with E-state index >= 15 is 0 Å². The molecule has 0 aromatic rings. The molecule has 0 saturated carbocycles. The van der Waals surface area contributed by atoms with Crippen LogP contribution in [0, 0.1) is 0 Å². The van der Waals surface area contributed by atoms with Crippen LogP contribution in [-0.4, -0.2) is 27.1 Å². The lowest BCUT2D eigenvalue weighted by atomic mass is 10.3. The third-order valence-electron chi connectivity index (χ3n) is 1.58.